The van der Waals surface area contributed by atoms with Crippen LogP contribution in [0.5, 0.6) is 0 Å². The third-order valence-electron chi connectivity index (χ3n) is 3.11. The summed E-state index contributed by atoms with van der Waals surface area (Å²) in [6.07, 6.45) is 0.272. The van der Waals surface area contributed by atoms with Gasteiger partial charge in [-0.25, -0.2) is 4.79 Å². The standard InChI is InChI=1S/C17H17ClN2O3/c1-23-17(22)12-5-4-6-13(11-12)20-16(21)9-10-19-15-8-3-2-7-14(15)18/h2-8,11,19H,9-10H2,1H3,(H,20,21). The molecule has 0 aliphatic carbocycles. The first kappa shape index (κ1) is 16.8. The summed E-state index contributed by atoms with van der Waals surface area (Å²) in [5.74, 6) is -0.604. The normalized spacial score (nSPS) is 10.0. The highest BCUT2D eigenvalue weighted by Gasteiger charge is 2.08. The molecule has 5 nitrogen and oxygen atoms in total. The van der Waals surface area contributed by atoms with Crippen molar-refractivity contribution >= 4 is 34.9 Å². The fourth-order valence-electron chi connectivity index (χ4n) is 1.98. The molecule has 0 aliphatic heterocycles. The van der Waals surface area contributed by atoms with Crippen LogP contribution in [0, 0.1) is 0 Å². The number of nitrogens with one attached hydrogen (secondary N) is 2. The molecule has 0 aliphatic rings. The third-order valence-corrected chi connectivity index (χ3v) is 3.44. The number of hydrogen-bond acceptors (Lipinski definition) is 4. The summed E-state index contributed by atoms with van der Waals surface area (Å²) in [7, 11) is 1.31. The Labute approximate surface area is 139 Å². The minimum absolute atomic E-state index is 0.161. The molecule has 0 saturated heterocycles. The average Bonchev–Trinajstić information content (AvgIpc) is 2.56. The first-order valence-corrected chi connectivity index (χ1v) is 7.44. The van der Waals surface area contributed by atoms with Crippen LogP contribution < -0.4 is 10.6 Å². The van der Waals surface area contributed by atoms with Crippen LogP contribution in [-0.2, 0) is 9.53 Å². The van der Waals surface area contributed by atoms with Gasteiger partial charge in [-0.1, -0.05) is 29.8 Å². The summed E-state index contributed by atoms with van der Waals surface area (Å²) >= 11 is 6.02. The number of amides is 1. The lowest BCUT2D eigenvalue weighted by Crippen LogP contribution is -2.16. The number of carbonyl (C=O) groups excluding carboxylic acids is 2. The van der Waals surface area contributed by atoms with Gasteiger partial charge in [-0.2, -0.15) is 0 Å². The van der Waals surface area contributed by atoms with Gasteiger partial charge in [-0.15, -0.1) is 0 Å². The topological polar surface area (TPSA) is 67.4 Å². The molecule has 6 heteroatoms. The lowest BCUT2D eigenvalue weighted by atomic mass is 10.2. The van der Waals surface area contributed by atoms with E-state index in [1.807, 2.05) is 18.2 Å². The summed E-state index contributed by atoms with van der Waals surface area (Å²) in [6.45, 7) is 0.451. The maximum absolute atomic E-state index is 11.9. The van der Waals surface area contributed by atoms with Gasteiger partial charge in [0.25, 0.3) is 0 Å². The van der Waals surface area contributed by atoms with Crippen LogP contribution in [0.15, 0.2) is 48.5 Å². The maximum atomic E-state index is 11.9. The largest absolute Gasteiger partial charge is 0.465 e. The average molecular weight is 333 g/mol. The molecule has 0 unspecified atom stereocenters. The fraction of sp³-hybridized carbons (Fsp3) is 0.176. The van der Waals surface area contributed by atoms with E-state index in [1.54, 1.807) is 30.3 Å². The van der Waals surface area contributed by atoms with Gasteiger partial charge < -0.3 is 15.4 Å². The molecule has 2 aromatic carbocycles. The minimum Gasteiger partial charge on any atom is -0.465 e. The molecular weight excluding hydrogens is 316 g/mol. The van der Waals surface area contributed by atoms with E-state index < -0.39 is 5.97 Å². The number of methoxy groups -OCH3 is 1. The van der Waals surface area contributed by atoms with Crippen LogP contribution in [-0.4, -0.2) is 25.5 Å². The molecule has 23 heavy (non-hydrogen) atoms. The van der Waals surface area contributed by atoms with Gasteiger partial charge in [0.05, 0.1) is 23.4 Å². The van der Waals surface area contributed by atoms with E-state index in [9.17, 15) is 9.59 Å². The molecule has 0 saturated carbocycles. The molecule has 0 spiro atoms. The zero-order chi connectivity index (χ0) is 16.7. The summed E-state index contributed by atoms with van der Waals surface area (Å²) < 4.78 is 4.65. The van der Waals surface area contributed by atoms with Crippen molar-refractivity contribution in [2.45, 2.75) is 6.42 Å². The number of hydrogen-bond donors (Lipinski definition) is 2. The molecule has 0 atom stereocenters. The van der Waals surface area contributed by atoms with E-state index in [1.165, 1.54) is 7.11 Å². The second kappa shape index (κ2) is 8.19. The molecule has 0 heterocycles. The SMILES string of the molecule is COC(=O)c1cccc(NC(=O)CCNc2ccccc2Cl)c1. The van der Waals surface area contributed by atoms with Crippen LogP contribution in [0.3, 0.4) is 0 Å². The quantitative estimate of drug-likeness (QED) is 0.794. The fourth-order valence-corrected chi connectivity index (χ4v) is 2.18. The van der Waals surface area contributed by atoms with Gasteiger partial charge in [0.2, 0.25) is 5.91 Å². The zero-order valence-corrected chi connectivity index (χ0v) is 13.4. The molecule has 0 bridgehead atoms. The van der Waals surface area contributed by atoms with Crippen molar-refractivity contribution in [3.05, 3.63) is 59.1 Å². The molecule has 2 rings (SSSR count). The zero-order valence-electron chi connectivity index (χ0n) is 12.6. The van der Waals surface area contributed by atoms with Crippen LogP contribution in [0.4, 0.5) is 11.4 Å². The van der Waals surface area contributed by atoms with Crippen LogP contribution in [0.2, 0.25) is 5.02 Å². The molecule has 120 valence electrons. The van der Waals surface area contributed by atoms with Crippen molar-refractivity contribution in [1.82, 2.24) is 0 Å². The lowest BCUT2D eigenvalue weighted by Gasteiger charge is -2.09. The molecule has 0 radical (unpaired) electrons. The maximum Gasteiger partial charge on any atom is 0.337 e. The van der Waals surface area contributed by atoms with E-state index in [0.29, 0.717) is 22.8 Å². The molecular formula is C17H17ClN2O3. The number of para-hydroxylation sites is 1. The van der Waals surface area contributed by atoms with Gasteiger partial charge in [0.15, 0.2) is 0 Å². The summed E-state index contributed by atoms with van der Waals surface area (Å²) in [6, 6.07) is 13.9. The van der Waals surface area contributed by atoms with Gasteiger partial charge in [-0.3, -0.25) is 4.79 Å². The molecule has 0 fully saturated rings. The second-order valence-electron chi connectivity index (χ2n) is 4.78. The van der Waals surface area contributed by atoms with E-state index in [2.05, 4.69) is 15.4 Å². The van der Waals surface area contributed by atoms with Gasteiger partial charge >= 0.3 is 5.97 Å². The Bertz CT molecular complexity index is 704. The number of carbonyl (C=O) groups is 2. The lowest BCUT2D eigenvalue weighted by molar-refractivity contribution is -0.115. The molecule has 1 amide bonds. The summed E-state index contributed by atoms with van der Waals surface area (Å²) in [5, 5.41) is 6.45. The summed E-state index contributed by atoms with van der Waals surface area (Å²) in [4.78, 5) is 23.4. The van der Waals surface area contributed by atoms with Crippen molar-refractivity contribution in [2.75, 3.05) is 24.3 Å². The van der Waals surface area contributed by atoms with Gasteiger partial charge in [-0.05, 0) is 30.3 Å². The number of benzene rings is 2. The van der Waals surface area contributed by atoms with Gasteiger partial charge in [0.1, 0.15) is 0 Å². The number of ether oxygens (including phenoxy) is 1. The minimum atomic E-state index is -0.443. The van der Waals surface area contributed by atoms with Crippen molar-refractivity contribution in [1.29, 1.82) is 0 Å². The Morgan fingerprint density at radius 2 is 1.91 bits per heavy atom. The van der Waals surface area contributed by atoms with E-state index in [-0.39, 0.29) is 12.3 Å². The highest BCUT2D eigenvalue weighted by Crippen LogP contribution is 2.20. The van der Waals surface area contributed by atoms with Crippen molar-refractivity contribution in [3.8, 4) is 0 Å². The van der Waals surface area contributed by atoms with E-state index >= 15 is 0 Å². The van der Waals surface area contributed by atoms with Crippen LogP contribution in [0.1, 0.15) is 16.8 Å². The Morgan fingerprint density at radius 1 is 1.13 bits per heavy atom. The van der Waals surface area contributed by atoms with E-state index in [4.69, 9.17) is 11.6 Å². The smallest absolute Gasteiger partial charge is 0.337 e. The molecule has 2 N–H and O–H groups in total. The number of rotatable bonds is 6. The number of anilines is 2. The Morgan fingerprint density at radius 3 is 2.65 bits per heavy atom. The predicted molar refractivity (Wildman–Crippen MR) is 91.0 cm³/mol. The Balaban J connectivity index is 1.85. The van der Waals surface area contributed by atoms with Gasteiger partial charge in [0, 0.05) is 18.7 Å². The summed E-state index contributed by atoms with van der Waals surface area (Å²) in [5.41, 5.74) is 1.73. The molecule has 2 aromatic rings. The van der Waals surface area contributed by atoms with Crippen molar-refractivity contribution in [2.24, 2.45) is 0 Å². The first-order valence-electron chi connectivity index (χ1n) is 7.07. The predicted octanol–water partition coefficient (Wildman–Crippen LogP) is 3.57. The first-order chi connectivity index (χ1) is 11.1. The van der Waals surface area contributed by atoms with E-state index in [0.717, 1.165) is 5.69 Å². The Kier molecular flexibility index (Phi) is 6.00. The monoisotopic (exact) mass is 332 g/mol. The van der Waals surface area contributed by atoms with Crippen molar-refractivity contribution in [3.63, 3.8) is 0 Å². The van der Waals surface area contributed by atoms with Crippen LogP contribution >= 0.6 is 11.6 Å². The third kappa shape index (κ3) is 5.00. The van der Waals surface area contributed by atoms with Crippen LogP contribution in [0.25, 0.3) is 0 Å². The number of esters is 1. The highest BCUT2D eigenvalue weighted by atomic mass is 35.5. The number of halogens is 1. The highest BCUT2D eigenvalue weighted by molar-refractivity contribution is 6.33. The van der Waals surface area contributed by atoms with Crippen molar-refractivity contribution < 1.29 is 14.3 Å². The molecule has 0 aromatic heterocycles. The Hall–Kier alpha value is -2.53. The second-order valence-corrected chi connectivity index (χ2v) is 5.18.